The lowest BCUT2D eigenvalue weighted by molar-refractivity contribution is -0.121. The van der Waals surface area contributed by atoms with Gasteiger partial charge in [-0.05, 0) is 73.5 Å². The Morgan fingerprint density at radius 2 is 1.55 bits per heavy atom. The highest BCUT2D eigenvalue weighted by atomic mass is 32.2. The van der Waals surface area contributed by atoms with E-state index in [-0.39, 0.29) is 17.6 Å². The number of sulfonamides is 1. The van der Waals surface area contributed by atoms with E-state index < -0.39 is 27.9 Å². The van der Waals surface area contributed by atoms with E-state index in [4.69, 9.17) is 0 Å². The van der Waals surface area contributed by atoms with Gasteiger partial charge in [-0.25, -0.2) is 18.4 Å². The van der Waals surface area contributed by atoms with E-state index in [2.05, 4.69) is 52.6 Å². The Balaban J connectivity index is 1.19. The number of thiophene rings is 1. The number of piperidine rings is 1. The van der Waals surface area contributed by atoms with Crippen LogP contribution in [-0.2, 0) is 26.7 Å². The van der Waals surface area contributed by atoms with Gasteiger partial charge >= 0.3 is 0 Å². The van der Waals surface area contributed by atoms with Crippen LogP contribution in [0.3, 0.4) is 0 Å². The van der Waals surface area contributed by atoms with E-state index >= 15 is 0 Å². The molecular formula is C38H53N5O4S2. The van der Waals surface area contributed by atoms with Crippen LogP contribution in [0.2, 0.25) is 0 Å². The van der Waals surface area contributed by atoms with Crippen molar-refractivity contribution in [3.8, 4) is 11.4 Å². The summed E-state index contributed by atoms with van der Waals surface area (Å²) in [4.78, 5) is 39.6. The molecule has 0 bridgehead atoms. The third kappa shape index (κ3) is 9.90. The normalized spacial score (nSPS) is 19.7. The molecule has 0 radical (unpaired) electrons. The van der Waals surface area contributed by atoms with Crippen molar-refractivity contribution < 1.29 is 18.0 Å². The number of hydrogen-bond donors (Lipinski definition) is 2. The van der Waals surface area contributed by atoms with Crippen LogP contribution in [0.25, 0.3) is 11.4 Å². The molecule has 1 atom stereocenters. The van der Waals surface area contributed by atoms with Crippen LogP contribution >= 0.6 is 11.3 Å². The molecule has 1 aliphatic heterocycles. The van der Waals surface area contributed by atoms with Crippen molar-refractivity contribution in [2.24, 2.45) is 17.8 Å². The van der Waals surface area contributed by atoms with E-state index in [1.54, 1.807) is 6.07 Å². The number of carbonyl (C=O) groups is 2. The predicted octanol–water partition coefficient (Wildman–Crippen LogP) is 7.13. The largest absolute Gasteiger partial charge is 0.369 e. The van der Waals surface area contributed by atoms with Crippen LogP contribution in [0.4, 0.5) is 5.69 Å². The van der Waals surface area contributed by atoms with Crippen LogP contribution in [0, 0.1) is 17.8 Å². The summed E-state index contributed by atoms with van der Waals surface area (Å²) in [5.74, 6) is 1.86. The molecule has 2 aliphatic rings. The van der Waals surface area contributed by atoms with Crippen molar-refractivity contribution in [3.63, 3.8) is 0 Å². The minimum absolute atomic E-state index is 0.116. The Hall–Kier alpha value is -3.31. The monoisotopic (exact) mass is 707 g/mol. The van der Waals surface area contributed by atoms with Crippen LogP contribution in [0.15, 0.2) is 48.8 Å². The van der Waals surface area contributed by atoms with Crippen molar-refractivity contribution in [1.82, 2.24) is 20.0 Å². The van der Waals surface area contributed by atoms with Gasteiger partial charge in [-0.1, -0.05) is 77.6 Å². The standard InChI is InChI=1S/C38H53N5O4S2/c1-6-8-26-9-13-28(14-10-26)29-19-21-43(22-20-29)31-24-39-35(40-25-31)30-15-11-27(12-16-30)23-32(36(44)42-49(46,47)7-2)41-37(45)33-17-18-34(48-33)38(3,4)5/h11-12,15-18,24-26,28-29,32H,6-10,13-14,19-23H2,1-5H3,(H,41,45)(H,42,44). The van der Waals surface area contributed by atoms with Crippen LogP contribution in [0.1, 0.15) is 106 Å². The SMILES string of the molecule is CCCC1CCC(C2CCN(c3cnc(-c4ccc(CC(NC(=O)c5ccc(C(C)(C)C)s5)C(=O)NS(=O)(=O)CC)cc4)nc3)CC2)CC1. The number of nitrogens with one attached hydrogen (secondary N) is 2. The molecule has 266 valence electrons. The van der Waals surface area contributed by atoms with Crippen molar-refractivity contribution in [3.05, 3.63) is 64.1 Å². The lowest BCUT2D eigenvalue weighted by atomic mass is 9.72. The molecule has 3 aromatic rings. The third-order valence-electron chi connectivity index (χ3n) is 10.3. The first kappa shape index (κ1) is 37.0. The molecule has 9 nitrogen and oxygen atoms in total. The summed E-state index contributed by atoms with van der Waals surface area (Å²) < 4.78 is 26.5. The van der Waals surface area contributed by atoms with Crippen LogP contribution in [-0.4, -0.2) is 55.1 Å². The first-order chi connectivity index (χ1) is 23.3. The Morgan fingerprint density at radius 1 is 0.918 bits per heavy atom. The molecular weight excluding hydrogens is 655 g/mol. The predicted molar refractivity (Wildman–Crippen MR) is 198 cm³/mol. The summed E-state index contributed by atoms with van der Waals surface area (Å²) in [5.41, 5.74) is 2.53. The highest BCUT2D eigenvalue weighted by Crippen LogP contribution is 2.39. The van der Waals surface area contributed by atoms with Gasteiger partial charge in [0.1, 0.15) is 6.04 Å². The molecule has 49 heavy (non-hydrogen) atoms. The van der Waals surface area contributed by atoms with Gasteiger partial charge in [0.15, 0.2) is 5.82 Å². The number of hydrogen-bond acceptors (Lipinski definition) is 8. The van der Waals surface area contributed by atoms with Crippen molar-refractivity contribution in [2.45, 2.75) is 104 Å². The average molecular weight is 708 g/mol. The van der Waals surface area contributed by atoms with Crippen LogP contribution in [0.5, 0.6) is 0 Å². The zero-order chi connectivity index (χ0) is 35.2. The number of carbonyl (C=O) groups excluding carboxylic acids is 2. The molecule has 11 heteroatoms. The molecule has 1 unspecified atom stereocenters. The van der Waals surface area contributed by atoms with Crippen molar-refractivity contribution >= 4 is 38.9 Å². The van der Waals surface area contributed by atoms with Gasteiger partial charge in [-0.2, -0.15) is 0 Å². The summed E-state index contributed by atoms with van der Waals surface area (Å²) in [5, 5.41) is 2.77. The molecule has 2 amide bonds. The highest BCUT2D eigenvalue weighted by Gasteiger charge is 2.31. The molecule has 2 aromatic heterocycles. The Morgan fingerprint density at radius 3 is 2.12 bits per heavy atom. The van der Waals surface area contributed by atoms with Crippen LogP contribution < -0.4 is 14.9 Å². The summed E-state index contributed by atoms with van der Waals surface area (Å²) >= 11 is 1.36. The maximum Gasteiger partial charge on any atom is 0.262 e. The van der Waals surface area contributed by atoms with Gasteiger partial charge in [0.25, 0.3) is 11.8 Å². The number of benzene rings is 1. The third-order valence-corrected chi connectivity index (χ3v) is 13.1. The minimum atomic E-state index is -3.81. The Kier molecular flexibility index (Phi) is 12.2. The Labute approximate surface area is 296 Å². The molecule has 1 aromatic carbocycles. The quantitative estimate of drug-likeness (QED) is 0.205. The fourth-order valence-electron chi connectivity index (χ4n) is 7.24. The second-order valence-electron chi connectivity index (χ2n) is 14.9. The van der Waals surface area contributed by atoms with E-state index in [9.17, 15) is 18.0 Å². The molecule has 2 fully saturated rings. The first-order valence-corrected chi connectivity index (χ1v) is 20.4. The second-order valence-corrected chi connectivity index (χ2v) is 18.0. The Bertz CT molecular complexity index is 1650. The van der Waals surface area contributed by atoms with E-state index in [0.717, 1.165) is 52.5 Å². The summed E-state index contributed by atoms with van der Waals surface area (Å²) in [6.45, 7) is 12.1. The second kappa shape index (κ2) is 16.1. The first-order valence-electron chi connectivity index (χ1n) is 18.0. The fraction of sp³-hybridized carbons (Fsp3) is 0.579. The number of rotatable bonds is 12. The fourth-order valence-corrected chi connectivity index (χ4v) is 8.80. The number of aromatic nitrogens is 2. The van der Waals surface area contributed by atoms with Gasteiger partial charge in [0.2, 0.25) is 10.0 Å². The van der Waals surface area contributed by atoms with Gasteiger partial charge < -0.3 is 10.2 Å². The lowest BCUT2D eigenvalue weighted by Gasteiger charge is -2.39. The minimum Gasteiger partial charge on any atom is -0.369 e. The topological polar surface area (TPSA) is 121 Å². The van der Waals surface area contributed by atoms with Gasteiger partial charge in [-0.3, -0.25) is 14.3 Å². The smallest absolute Gasteiger partial charge is 0.262 e. The van der Waals surface area contributed by atoms with Crippen molar-refractivity contribution in [2.75, 3.05) is 23.7 Å². The van der Waals surface area contributed by atoms with Gasteiger partial charge in [0.05, 0.1) is 28.7 Å². The molecule has 0 spiro atoms. The number of nitrogens with zero attached hydrogens (tertiary/aromatic N) is 3. The molecule has 1 saturated heterocycles. The zero-order valence-electron chi connectivity index (χ0n) is 29.7. The zero-order valence-corrected chi connectivity index (χ0v) is 31.3. The van der Waals surface area contributed by atoms with Gasteiger partial charge in [-0.15, -0.1) is 11.3 Å². The van der Waals surface area contributed by atoms with E-state index in [1.807, 2.05) is 42.7 Å². The number of amides is 2. The molecule has 1 saturated carbocycles. The highest BCUT2D eigenvalue weighted by molar-refractivity contribution is 7.90. The average Bonchev–Trinajstić information content (AvgIpc) is 3.61. The summed E-state index contributed by atoms with van der Waals surface area (Å²) in [6.07, 6.45) is 14.8. The summed E-state index contributed by atoms with van der Waals surface area (Å²) in [7, 11) is -3.81. The molecule has 3 heterocycles. The molecule has 1 aliphatic carbocycles. The molecule has 2 N–H and O–H groups in total. The summed E-state index contributed by atoms with van der Waals surface area (Å²) in [6, 6.07) is 10.0. The molecule has 5 rings (SSSR count). The van der Waals surface area contributed by atoms with E-state index in [1.165, 1.54) is 69.6 Å². The van der Waals surface area contributed by atoms with Crippen molar-refractivity contribution in [1.29, 1.82) is 0 Å². The van der Waals surface area contributed by atoms with E-state index in [0.29, 0.717) is 10.7 Å². The van der Waals surface area contributed by atoms with Gasteiger partial charge in [0, 0.05) is 30.0 Å². The maximum absolute atomic E-state index is 13.2. The number of anilines is 1. The lowest BCUT2D eigenvalue weighted by Crippen LogP contribution is -2.49. The maximum atomic E-state index is 13.2.